The van der Waals surface area contributed by atoms with Crippen molar-refractivity contribution in [2.24, 2.45) is 0 Å². The average Bonchev–Trinajstić information content (AvgIpc) is 3.49. The number of amides is 2. The highest BCUT2D eigenvalue weighted by molar-refractivity contribution is 6.50. The number of nitrogens with zero attached hydrogens (tertiary/aromatic N) is 2. The van der Waals surface area contributed by atoms with E-state index in [4.69, 9.17) is 4.74 Å². The summed E-state index contributed by atoms with van der Waals surface area (Å²) in [5.41, 5.74) is -0.897. The number of ether oxygens (including phenoxy) is 1. The third kappa shape index (κ3) is 3.09. The number of carbonyl (C=O) groups excluding carboxylic acids is 3. The maximum absolute atomic E-state index is 14.2. The zero-order chi connectivity index (χ0) is 24.0. The molecule has 1 spiro atoms. The van der Waals surface area contributed by atoms with Gasteiger partial charge in [0, 0.05) is 30.8 Å². The van der Waals surface area contributed by atoms with Crippen LogP contribution in [-0.2, 0) is 24.7 Å². The molecule has 5 rings (SSSR count). The summed E-state index contributed by atoms with van der Waals surface area (Å²) in [7, 11) is 0. The van der Waals surface area contributed by atoms with Gasteiger partial charge in [-0.05, 0) is 49.6 Å². The number of likely N-dealkylation sites (tertiary alicyclic amines) is 1. The van der Waals surface area contributed by atoms with Crippen LogP contribution in [0.15, 0.2) is 54.1 Å². The number of hydrogen-bond acceptors (Lipinski definition) is 5. The number of Topliss-reactive ketones (excluding diaryl/α,β-unsaturated/α-hetero) is 1. The molecule has 2 saturated heterocycles. The fourth-order valence-corrected chi connectivity index (χ4v) is 5.31. The summed E-state index contributed by atoms with van der Waals surface area (Å²) in [5.74, 6) is -3.28. The molecule has 2 atom stereocenters. The summed E-state index contributed by atoms with van der Waals surface area (Å²) in [6, 6.07) is 12.0. The van der Waals surface area contributed by atoms with Crippen LogP contribution in [0.2, 0.25) is 0 Å². The predicted molar refractivity (Wildman–Crippen MR) is 122 cm³/mol. The summed E-state index contributed by atoms with van der Waals surface area (Å²) >= 11 is 0. The van der Waals surface area contributed by atoms with Crippen molar-refractivity contribution in [2.75, 3.05) is 24.6 Å². The van der Waals surface area contributed by atoms with Gasteiger partial charge in [-0.2, -0.15) is 0 Å². The summed E-state index contributed by atoms with van der Waals surface area (Å²) in [6.07, 6.45) is 1.86. The number of benzene rings is 2. The van der Waals surface area contributed by atoms with Gasteiger partial charge in [0.25, 0.3) is 17.6 Å². The molecule has 2 aromatic rings. The fraction of sp³-hybridized carbons (Fsp3) is 0.346. The second kappa shape index (κ2) is 8.36. The van der Waals surface area contributed by atoms with E-state index in [0.717, 1.165) is 18.6 Å². The Morgan fingerprint density at radius 2 is 1.88 bits per heavy atom. The predicted octanol–water partition coefficient (Wildman–Crippen LogP) is 3.34. The molecular formula is C26H25FN2O5. The van der Waals surface area contributed by atoms with Crippen LogP contribution in [0, 0.1) is 5.82 Å². The number of rotatable bonds is 5. The molecule has 3 aliphatic heterocycles. The van der Waals surface area contributed by atoms with Gasteiger partial charge in [0.1, 0.15) is 11.6 Å². The van der Waals surface area contributed by atoms with E-state index in [0.29, 0.717) is 37.2 Å². The summed E-state index contributed by atoms with van der Waals surface area (Å²) < 4.78 is 19.3. The molecule has 7 nitrogen and oxygen atoms in total. The molecule has 0 bridgehead atoms. The van der Waals surface area contributed by atoms with Gasteiger partial charge in [-0.15, -0.1) is 0 Å². The summed E-state index contributed by atoms with van der Waals surface area (Å²) in [5, 5.41) is 11.3. The van der Waals surface area contributed by atoms with Crippen LogP contribution in [0.3, 0.4) is 0 Å². The van der Waals surface area contributed by atoms with Crippen molar-refractivity contribution in [1.82, 2.24) is 4.90 Å². The number of hydrogen-bond donors (Lipinski definition) is 1. The highest BCUT2D eigenvalue weighted by atomic mass is 19.1. The van der Waals surface area contributed by atoms with Crippen LogP contribution < -0.4 is 4.90 Å². The molecule has 0 aromatic heterocycles. The van der Waals surface area contributed by atoms with E-state index in [2.05, 4.69) is 0 Å². The zero-order valence-electron chi connectivity index (χ0n) is 18.8. The van der Waals surface area contributed by atoms with E-state index >= 15 is 0 Å². The van der Waals surface area contributed by atoms with E-state index in [9.17, 15) is 23.9 Å². The minimum Gasteiger partial charge on any atom is -0.507 e. The van der Waals surface area contributed by atoms with E-state index in [1.54, 1.807) is 29.2 Å². The maximum atomic E-state index is 14.2. The summed E-state index contributed by atoms with van der Waals surface area (Å²) in [6.45, 7) is 2.91. The van der Waals surface area contributed by atoms with Crippen molar-refractivity contribution in [3.05, 3.63) is 71.0 Å². The first-order chi connectivity index (χ1) is 16.4. The number of anilines is 1. The molecule has 0 aliphatic carbocycles. The third-order valence-corrected chi connectivity index (χ3v) is 6.78. The van der Waals surface area contributed by atoms with Gasteiger partial charge in [0.15, 0.2) is 5.54 Å². The van der Waals surface area contributed by atoms with Gasteiger partial charge in [-0.25, -0.2) is 4.39 Å². The van der Waals surface area contributed by atoms with Gasteiger partial charge >= 0.3 is 0 Å². The molecule has 3 aliphatic rings. The van der Waals surface area contributed by atoms with E-state index in [-0.39, 0.29) is 23.8 Å². The van der Waals surface area contributed by atoms with Crippen LogP contribution in [0.25, 0.3) is 5.76 Å². The van der Waals surface area contributed by atoms with Gasteiger partial charge in [0.2, 0.25) is 0 Å². The standard InChI is InChI=1S/C26H25FN2O5/c1-2-13-28-20-8-4-3-7-19(20)26(25(28)33)21(22(30)16-9-11-17(27)12-10-16)23(31)24(32)29(26)15-18-6-5-14-34-18/h3-4,7-12,18,30H,2,5-6,13-15H2,1H3/t18-,26+/m0/s1. The van der Waals surface area contributed by atoms with Gasteiger partial charge in [-0.1, -0.05) is 25.1 Å². The molecule has 2 amide bonds. The number of aliphatic hydroxyl groups is 1. The van der Waals surface area contributed by atoms with Crippen LogP contribution >= 0.6 is 0 Å². The number of para-hydroxylation sites is 1. The number of fused-ring (bicyclic) bond motifs is 2. The molecule has 0 radical (unpaired) electrons. The smallest absolute Gasteiger partial charge is 0.296 e. The molecule has 8 heteroatoms. The van der Waals surface area contributed by atoms with Gasteiger partial charge in [-0.3, -0.25) is 14.4 Å². The molecular weight excluding hydrogens is 439 g/mol. The Bertz CT molecular complexity index is 1200. The molecule has 2 fully saturated rings. The highest BCUT2D eigenvalue weighted by Gasteiger charge is 2.67. The first-order valence-electron chi connectivity index (χ1n) is 11.5. The maximum Gasteiger partial charge on any atom is 0.296 e. The number of ketones is 1. The van der Waals surface area contributed by atoms with Crippen LogP contribution in [0.4, 0.5) is 10.1 Å². The Hall–Kier alpha value is -3.52. The Kier molecular flexibility index (Phi) is 5.48. The minimum absolute atomic E-state index is 0.0464. The Labute approximate surface area is 196 Å². The molecule has 0 unspecified atom stereocenters. The average molecular weight is 464 g/mol. The summed E-state index contributed by atoms with van der Waals surface area (Å²) in [4.78, 5) is 43.9. The lowest BCUT2D eigenvalue weighted by atomic mass is 9.81. The highest BCUT2D eigenvalue weighted by Crippen LogP contribution is 2.53. The zero-order valence-corrected chi connectivity index (χ0v) is 18.8. The largest absolute Gasteiger partial charge is 0.507 e. The van der Waals surface area contributed by atoms with Crippen molar-refractivity contribution >= 4 is 29.0 Å². The normalized spacial score (nSPS) is 25.6. The number of carbonyl (C=O) groups is 3. The Morgan fingerprint density at radius 3 is 2.56 bits per heavy atom. The van der Waals surface area contributed by atoms with Crippen molar-refractivity contribution in [1.29, 1.82) is 0 Å². The number of halogens is 1. The van der Waals surface area contributed by atoms with Crippen LogP contribution in [-0.4, -0.2) is 53.4 Å². The number of aliphatic hydroxyl groups excluding tert-OH is 1. The van der Waals surface area contributed by atoms with E-state index in [1.807, 2.05) is 6.92 Å². The first-order valence-corrected chi connectivity index (χ1v) is 11.5. The molecule has 2 aromatic carbocycles. The molecule has 3 heterocycles. The molecule has 1 N–H and O–H groups in total. The van der Waals surface area contributed by atoms with E-state index < -0.39 is 34.7 Å². The van der Waals surface area contributed by atoms with Gasteiger partial charge in [0.05, 0.1) is 17.4 Å². The Balaban J connectivity index is 1.79. The topological polar surface area (TPSA) is 87.2 Å². The quantitative estimate of drug-likeness (QED) is 0.417. The monoisotopic (exact) mass is 464 g/mol. The molecule has 176 valence electrons. The molecule has 34 heavy (non-hydrogen) atoms. The second-order valence-corrected chi connectivity index (χ2v) is 8.79. The van der Waals surface area contributed by atoms with Crippen molar-refractivity contribution in [3.8, 4) is 0 Å². The van der Waals surface area contributed by atoms with Crippen LogP contribution in [0.5, 0.6) is 0 Å². The fourth-order valence-electron chi connectivity index (χ4n) is 5.31. The first kappa shape index (κ1) is 22.3. The lowest BCUT2D eigenvalue weighted by Crippen LogP contribution is -2.53. The van der Waals surface area contributed by atoms with Gasteiger partial charge < -0.3 is 19.6 Å². The van der Waals surface area contributed by atoms with Crippen molar-refractivity contribution in [3.63, 3.8) is 0 Å². The second-order valence-electron chi connectivity index (χ2n) is 8.79. The lowest BCUT2D eigenvalue weighted by molar-refractivity contribution is -0.145. The van der Waals surface area contributed by atoms with Crippen LogP contribution in [0.1, 0.15) is 37.3 Å². The van der Waals surface area contributed by atoms with E-state index in [1.165, 1.54) is 17.0 Å². The van der Waals surface area contributed by atoms with Crippen molar-refractivity contribution < 1.29 is 28.6 Å². The molecule has 0 saturated carbocycles. The Morgan fingerprint density at radius 1 is 1.15 bits per heavy atom. The third-order valence-electron chi connectivity index (χ3n) is 6.78. The minimum atomic E-state index is -1.82. The SMILES string of the molecule is CCCN1C(=O)[C@]2(C(=C(O)c3ccc(F)cc3)C(=O)C(=O)N2C[C@@H]2CCCO2)c2ccccc21. The van der Waals surface area contributed by atoms with Crippen molar-refractivity contribution in [2.45, 2.75) is 37.8 Å². The lowest BCUT2D eigenvalue weighted by Gasteiger charge is -2.35.